The second-order valence-corrected chi connectivity index (χ2v) is 3.66. The van der Waals surface area contributed by atoms with Gasteiger partial charge in [0.15, 0.2) is 0 Å². The van der Waals surface area contributed by atoms with Crippen LogP contribution in [0.15, 0.2) is 0 Å². The van der Waals surface area contributed by atoms with Gasteiger partial charge in [-0.15, -0.1) is 0 Å². The molecule has 0 saturated heterocycles. The summed E-state index contributed by atoms with van der Waals surface area (Å²) in [6, 6.07) is 2.95. The van der Waals surface area contributed by atoms with Crippen LogP contribution in [-0.2, 0) is 0 Å². The Bertz CT molecular complexity index is 171. The van der Waals surface area contributed by atoms with Gasteiger partial charge in [0.1, 0.15) is 0 Å². The lowest BCUT2D eigenvalue weighted by atomic mass is 9.85. The maximum Gasteiger partial charge on any atom is 0.0672 e. The molecule has 0 aromatic heterocycles. The van der Waals surface area contributed by atoms with Crippen molar-refractivity contribution in [1.82, 2.24) is 4.90 Å². The lowest BCUT2D eigenvalue weighted by Gasteiger charge is -2.33. The van der Waals surface area contributed by atoms with Gasteiger partial charge in [-0.25, -0.2) is 0 Å². The molecule has 12 heavy (non-hydrogen) atoms. The second kappa shape index (κ2) is 4.47. The number of nitriles is 1. The predicted octanol–water partition coefficient (Wildman–Crippen LogP) is 2.02. The summed E-state index contributed by atoms with van der Waals surface area (Å²) in [5, 5.41) is 8.93. The van der Waals surface area contributed by atoms with Crippen LogP contribution in [0.1, 0.15) is 32.6 Å². The van der Waals surface area contributed by atoms with E-state index in [1.807, 2.05) is 0 Å². The average Bonchev–Trinajstić information content (AvgIpc) is 2.16. The Morgan fingerprint density at radius 1 is 1.42 bits per heavy atom. The summed E-state index contributed by atoms with van der Waals surface area (Å²) >= 11 is 0. The summed E-state index contributed by atoms with van der Waals surface area (Å²) in [4.78, 5) is 2.31. The van der Waals surface area contributed by atoms with E-state index in [0.717, 1.165) is 13.0 Å². The van der Waals surface area contributed by atoms with Gasteiger partial charge in [0.25, 0.3) is 0 Å². The zero-order valence-corrected chi connectivity index (χ0v) is 8.08. The van der Waals surface area contributed by atoms with Gasteiger partial charge in [-0.2, -0.15) is 5.26 Å². The first-order valence-electron chi connectivity index (χ1n) is 4.89. The molecule has 0 heterocycles. The molecular formula is C10H18N2. The fourth-order valence-electron chi connectivity index (χ4n) is 2.02. The van der Waals surface area contributed by atoms with Crippen LogP contribution in [0.3, 0.4) is 0 Å². The van der Waals surface area contributed by atoms with Gasteiger partial charge in [0.05, 0.1) is 12.0 Å². The fourth-order valence-corrected chi connectivity index (χ4v) is 2.02. The molecule has 2 nitrogen and oxygen atoms in total. The number of rotatable bonds is 2. The normalized spacial score (nSPS) is 30.2. The SMILES string of the molecule is CCN(C)C1CCCCC1C#N. The minimum Gasteiger partial charge on any atom is -0.302 e. The number of hydrogen-bond acceptors (Lipinski definition) is 2. The molecule has 0 amide bonds. The molecule has 0 N–H and O–H groups in total. The zero-order chi connectivity index (χ0) is 8.97. The molecule has 1 saturated carbocycles. The van der Waals surface area contributed by atoms with Crippen molar-refractivity contribution in [3.05, 3.63) is 0 Å². The van der Waals surface area contributed by atoms with E-state index in [4.69, 9.17) is 5.26 Å². The van der Waals surface area contributed by atoms with E-state index in [1.54, 1.807) is 0 Å². The molecule has 0 spiro atoms. The van der Waals surface area contributed by atoms with E-state index >= 15 is 0 Å². The van der Waals surface area contributed by atoms with Crippen molar-refractivity contribution in [2.75, 3.05) is 13.6 Å². The van der Waals surface area contributed by atoms with Gasteiger partial charge in [-0.1, -0.05) is 19.8 Å². The monoisotopic (exact) mass is 166 g/mol. The first kappa shape index (κ1) is 9.54. The highest BCUT2D eigenvalue weighted by Gasteiger charge is 2.26. The van der Waals surface area contributed by atoms with Gasteiger partial charge in [-0.05, 0) is 26.4 Å². The molecule has 0 bridgehead atoms. The Balaban J connectivity index is 2.53. The van der Waals surface area contributed by atoms with E-state index in [9.17, 15) is 0 Å². The number of hydrogen-bond donors (Lipinski definition) is 0. The average molecular weight is 166 g/mol. The first-order chi connectivity index (χ1) is 5.79. The van der Waals surface area contributed by atoms with Crippen LogP contribution in [-0.4, -0.2) is 24.5 Å². The molecule has 68 valence electrons. The Hall–Kier alpha value is -0.550. The summed E-state index contributed by atoms with van der Waals surface area (Å²) in [7, 11) is 2.13. The van der Waals surface area contributed by atoms with E-state index in [2.05, 4.69) is 24.9 Å². The molecule has 0 aromatic rings. The highest BCUT2D eigenvalue weighted by atomic mass is 15.1. The highest BCUT2D eigenvalue weighted by molar-refractivity contribution is 4.94. The summed E-state index contributed by atoms with van der Waals surface area (Å²) in [5.74, 6) is 0.281. The third-order valence-electron chi connectivity index (χ3n) is 2.96. The van der Waals surface area contributed by atoms with Crippen LogP contribution in [0.5, 0.6) is 0 Å². The highest BCUT2D eigenvalue weighted by Crippen LogP contribution is 2.26. The van der Waals surface area contributed by atoms with E-state index in [0.29, 0.717) is 6.04 Å². The van der Waals surface area contributed by atoms with Gasteiger partial charge in [0, 0.05) is 6.04 Å². The third kappa shape index (κ3) is 1.98. The maximum absolute atomic E-state index is 8.93. The van der Waals surface area contributed by atoms with Crippen LogP contribution in [0.2, 0.25) is 0 Å². The molecule has 2 heteroatoms. The molecule has 1 rings (SSSR count). The molecule has 2 unspecified atom stereocenters. The van der Waals surface area contributed by atoms with E-state index in [1.165, 1.54) is 19.3 Å². The van der Waals surface area contributed by atoms with Gasteiger partial charge < -0.3 is 4.90 Å². The van der Waals surface area contributed by atoms with E-state index < -0.39 is 0 Å². The van der Waals surface area contributed by atoms with Crippen molar-refractivity contribution in [1.29, 1.82) is 5.26 Å². The summed E-state index contributed by atoms with van der Waals surface area (Å²) < 4.78 is 0. The van der Waals surface area contributed by atoms with Gasteiger partial charge in [-0.3, -0.25) is 0 Å². The zero-order valence-electron chi connectivity index (χ0n) is 8.08. The predicted molar refractivity (Wildman–Crippen MR) is 49.7 cm³/mol. The largest absolute Gasteiger partial charge is 0.302 e. The first-order valence-corrected chi connectivity index (χ1v) is 4.89. The molecular weight excluding hydrogens is 148 g/mol. The molecule has 0 aromatic carbocycles. The Labute approximate surface area is 75.2 Å². The van der Waals surface area contributed by atoms with Gasteiger partial charge in [0.2, 0.25) is 0 Å². The van der Waals surface area contributed by atoms with Crippen molar-refractivity contribution in [2.24, 2.45) is 5.92 Å². The summed E-state index contributed by atoms with van der Waals surface area (Å²) in [6.07, 6.45) is 4.85. The lowest BCUT2D eigenvalue weighted by Crippen LogP contribution is -2.39. The van der Waals surface area contributed by atoms with Crippen molar-refractivity contribution in [2.45, 2.75) is 38.6 Å². The second-order valence-electron chi connectivity index (χ2n) is 3.66. The minimum atomic E-state index is 0.281. The van der Waals surface area contributed by atoms with Crippen LogP contribution in [0.4, 0.5) is 0 Å². The quantitative estimate of drug-likeness (QED) is 0.627. The molecule has 1 aliphatic carbocycles. The summed E-state index contributed by atoms with van der Waals surface area (Å²) in [6.45, 7) is 3.21. The van der Waals surface area contributed by atoms with Gasteiger partial charge >= 0.3 is 0 Å². The van der Waals surface area contributed by atoms with Crippen molar-refractivity contribution in [3.8, 4) is 6.07 Å². The molecule has 2 atom stereocenters. The van der Waals surface area contributed by atoms with Crippen LogP contribution in [0, 0.1) is 17.2 Å². The topological polar surface area (TPSA) is 27.0 Å². The van der Waals surface area contributed by atoms with E-state index in [-0.39, 0.29) is 5.92 Å². The molecule has 1 aliphatic rings. The van der Waals surface area contributed by atoms with Crippen LogP contribution >= 0.6 is 0 Å². The van der Waals surface area contributed by atoms with Crippen molar-refractivity contribution < 1.29 is 0 Å². The minimum absolute atomic E-state index is 0.281. The molecule has 1 fully saturated rings. The summed E-state index contributed by atoms with van der Waals surface area (Å²) in [5.41, 5.74) is 0. The Kier molecular flexibility index (Phi) is 3.55. The number of nitrogens with zero attached hydrogens (tertiary/aromatic N) is 2. The maximum atomic E-state index is 8.93. The smallest absolute Gasteiger partial charge is 0.0672 e. The fraction of sp³-hybridized carbons (Fsp3) is 0.900. The van der Waals surface area contributed by atoms with Crippen molar-refractivity contribution in [3.63, 3.8) is 0 Å². The lowest BCUT2D eigenvalue weighted by molar-refractivity contribution is 0.164. The van der Waals surface area contributed by atoms with Crippen LogP contribution < -0.4 is 0 Å². The van der Waals surface area contributed by atoms with Crippen molar-refractivity contribution >= 4 is 0 Å². The van der Waals surface area contributed by atoms with Crippen LogP contribution in [0.25, 0.3) is 0 Å². The Morgan fingerprint density at radius 3 is 2.67 bits per heavy atom. The molecule has 0 aliphatic heterocycles. The molecule has 0 radical (unpaired) electrons. The Morgan fingerprint density at radius 2 is 2.08 bits per heavy atom. The standard InChI is InChI=1S/C10H18N2/c1-3-12(2)10-7-5-4-6-9(10)8-11/h9-10H,3-7H2,1-2H3. The third-order valence-corrected chi connectivity index (χ3v) is 2.96.